The third kappa shape index (κ3) is 5.03. The predicted molar refractivity (Wildman–Crippen MR) is 145 cm³/mol. The zero-order valence-electron chi connectivity index (χ0n) is 18.4. The Kier molecular flexibility index (Phi) is 6.74. The van der Waals surface area contributed by atoms with Gasteiger partial charge >= 0.3 is 0 Å². The van der Waals surface area contributed by atoms with E-state index in [1.54, 1.807) is 18.3 Å². The largest absolute Gasteiger partial charge is 0.272 e. The first kappa shape index (κ1) is 23.0. The first-order valence-corrected chi connectivity index (χ1v) is 12.6. The number of rotatable bonds is 6. The van der Waals surface area contributed by atoms with E-state index in [1.165, 1.54) is 16.3 Å². The van der Waals surface area contributed by atoms with Crippen LogP contribution in [0.25, 0.3) is 27.4 Å². The zero-order chi connectivity index (χ0) is 24.2. The molecule has 6 nitrogen and oxygen atoms in total. The van der Waals surface area contributed by atoms with Crippen LogP contribution >= 0.6 is 27.7 Å². The zero-order valence-corrected chi connectivity index (χ0v) is 20.8. The van der Waals surface area contributed by atoms with Gasteiger partial charge in [0.1, 0.15) is 0 Å². The van der Waals surface area contributed by atoms with Gasteiger partial charge in [0.05, 0.1) is 28.6 Å². The fourth-order valence-electron chi connectivity index (χ4n) is 3.73. The van der Waals surface area contributed by atoms with Gasteiger partial charge in [0, 0.05) is 10.0 Å². The standard InChI is InChI=1S/C27H19BrN4O2S/c28-20-12-14-21(15-13-20)32-26(34)23-10-3-4-11-24(23)30-27(32)35-17-25(33)31-29-16-19-8-5-7-18-6-1-2-9-22(18)19/h1-16H,17H2,(H,31,33)/b29-16-. The van der Waals surface area contributed by atoms with Crippen LogP contribution in [-0.4, -0.2) is 27.4 Å². The number of carbonyl (C=O) groups is 1. The van der Waals surface area contributed by atoms with E-state index in [1.807, 2.05) is 78.9 Å². The second-order valence-electron chi connectivity index (χ2n) is 7.68. The minimum Gasteiger partial charge on any atom is -0.272 e. The van der Waals surface area contributed by atoms with E-state index in [0.717, 1.165) is 20.8 Å². The van der Waals surface area contributed by atoms with Crippen LogP contribution in [0.5, 0.6) is 0 Å². The van der Waals surface area contributed by atoms with Gasteiger partial charge < -0.3 is 0 Å². The molecule has 8 heteroatoms. The second kappa shape index (κ2) is 10.2. The molecule has 0 unspecified atom stereocenters. The van der Waals surface area contributed by atoms with Gasteiger partial charge in [-0.2, -0.15) is 5.10 Å². The highest BCUT2D eigenvalue weighted by Crippen LogP contribution is 2.22. The van der Waals surface area contributed by atoms with E-state index in [2.05, 4.69) is 31.4 Å². The highest BCUT2D eigenvalue weighted by Gasteiger charge is 2.14. The summed E-state index contributed by atoms with van der Waals surface area (Å²) >= 11 is 4.61. The number of hydrazone groups is 1. The lowest BCUT2D eigenvalue weighted by Crippen LogP contribution is -2.24. The van der Waals surface area contributed by atoms with Crippen LogP contribution in [0.1, 0.15) is 5.56 Å². The third-order valence-corrected chi connectivity index (χ3v) is 6.85. The molecule has 0 atom stereocenters. The molecule has 4 aromatic carbocycles. The van der Waals surface area contributed by atoms with Gasteiger partial charge in [0.2, 0.25) is 0 Å². The van der Waals surface area contributed by atoms with Gasteiger partial charge in [-0.25, -0.2) is 10.4 Å². The summed E-state index contributed by atoms with van der Waals surface area (Å²) in [4.78, 5) is 30.5. The Hall–Kier alpha value is -3.75. The molecular weight excluding hydrogens is 524 g/mol. The van der Waals surface area contributed by atoms with Crippen molar-refractivity contribution < 1.29 is 4.79 Å². The summed E-state index contributed by atoms with van der Waals surface area (Å²) in [6.45, 7) is 0. The maximum absolute atomic E-state index is 13.3. The number of fused-ring (bicyclic) bond motifs is 2. The van der Waals surface area contributed by atoms with Gasteiger partial charge in [-0.3, -0.25) is 14.2 Å². The maximum atomic E-state index is 13.3. The van der Waals surface area contributed by atoms with E-state index in [4.69, 9.17) is 0 Å². The smallest absolute Gasteiger partial charge is 0.266 e. The Morgan fingerprint density at radius 1 is 0.943 bits per heavy atom. The highest BCUT2D eigenvalue weighted by atomic mass is 79.9. The van der Waals surface area contributed by atoms with Gasteiger partial charge in [-0.15, -0.1) is 0 Å². The molecule has 5 rings (SSSR count). The lowest BCUT2D eigenvalue weighted by atomic mass is 10.1. The number of nitrogens with zero attached hydrogens (tertiary/aromatic N) is 3. The van der Waals surface area contributed by atoms with Gasteiger partial charge in [0.15, 0.2) is 5.16 Å². The summed E-state index contributed by atoms with van der Waals surface area (Å²) in [6.07, 6.45) is 1.64. The maximum Gasteiger partial charge on any atom is 0.266 e. The summed E-state index contributed by atoms with van der Waals surface area (Å²) in [6, 6.07) is 28.5. The molecule has 1 N–H and O–H groups in total. The number of para-hydroxylation sites is 1. The summed E-state index contributed by atoms with van der Waals surface area (Å²) < 4.78 is 2.44. The minimum absolute atomic E-state index is 0.0498. The number of amides is 1. The first-order chi connectivity index (χ1) is 17.1. The Morgan fingerprint density at radius 2 is 1.66 bits per heavy atom. The monoisotopic (exact) mass is 542 g/mol. The number of carbonyl (C=O) groups excluding carboxylic acids is 1. The quantitative estimate of drug-likeness (QED) is 0.132. The predicted octanol–water partition coefficient (Wildman–Crippen LogP) is 5.54. The molecule has 0 fully saturated rings. The summed E-state index contributed by atoms with van der Waals surface area (Å²) in [5.41, 5.74) is 4.56. The number of aromatic nitrogens is 2. The Morgan fingerprint density at radius 3 is 2.49 bits per heavy atom. The van der Waals surface area contributed by atoms with Crippen molar-refractivity contribution in [3.8, 4) is 5.69 Å². The van der Waals surface area contributed by atoms with Gasteiger partial charge in [-0.05, 0) is 47.2 Å². The first-order valence-electron chi connectivity index (χ1n) is 10.8. The summed E-state index contributed by atoms with van der Waals surface area (Å²) in [5.74, 6) is -0.245. The van der Waals surface area contributed by atoms with E-state index in [9.17, 15) is 9.59 Å². The van der Waals surface area contributed by atoms with Crippen LogP contribution in [0.3, 0.4) is 0 Å². The molecule has 5 aromatic rings. The molecular formula is C27H19BrN4O2S. The fourth-order valence-corrected chi connectivity index (χ4v) is 4.80. The van der Waals surface area contributed by atoms with Crippen LogP contribution in [0.4, 0.5) is 0 Å². The minimum atomic E-state index is -0.295. The highest BCUT2D eigenvalue weighted by molar-refractivity contribution is 9.10. The average Bonchev–Trinajstić information content (AvgIpc) is 2.88. The molecule has 0 spiro atoms. The third-order valence-electron chi connectivity index (χ3n) is 5.38. The van der Waals surface area contributed by atoms with Crippen LogP contribution in [0.2, 0.25) is 0 Å². The molecule has 0 saturated carbocycles. The van der Waals surface area contributed by atoms with Crippen LogP contribution in [0.15, 0.2) is 111 Å². The molecule has 1 aromatic heterocycles. The van der Waals surface area contributed by atoms with Crippen LogP contribution in [0, 0.1) is 0 Å². The second-order valence-corrected chi connectivity index (χ2v) is 9.54. The molecule has 0 aliphatic carbocycles. The Labute approximate surface area is 213 Å². The lowest BCUT2D eigenvalue weighted by molar-refractivity contribution is -0.118. The molecule has 172 valence electrons. The van der Waals surface area contributed by atoms with Crippen molar-refractivity contribution in [3.05, 3.63) is 111 Å². The molecule has 0 radical (unpaired) electrons. The van der Waals surface area contributed by atoms with E-state index >= 15 is 0 Å². The average molecular weight is 543 g/mol. The topological polar surface area (TPSA) is 76.3 Å². The Balaban J connectivity index is 1.37. The van der Waals surface area contributed by atoms with E-state index < -0.39 is 0 Å². The van der Waals surface area contributed by atoms with Gasteiger partial charge in [-0.1, -0.05) is 82.3 Å². The number of hydrogen-bond acceptors (Lipinski definition) is 5. The number of thioether (sulfide) groups is 1. The normalized spacial score (nSPS) is 11.3. The number of nitrogens with one attached hydrogen (secondary N) is 1. The lowest BCUT2D eigenvalue weighted by Gasteiger charge is -2.13. The fraction of sp³-hybridized carbons (Fsp3) is 0.0370. The van der Waals surface area contributed by atoms with Crippen LogP contribution in [-0.2, 0) is 4.79 Å². The molecule has 35 heavy (non-hydrogen) atoms. The van der Waals surface area contributed by atoms with Crippen molar-refractivity contribution in [1.29, 1.82) is 0 Å². The molecule has 1 heterocycles. The van der Waals surface area contributed by atoms with Crippen molar-refractivity contribution in [2.45, 2.75) is 5.16 Å². The van der Waals surface area contributed by atoms with Crippen molar-refractivity contribution in [2.24, 2.45) is 5.10 Å². The molecule has 0 bridgehead atoms. The number of hydrogen-bond donors (Lipinski definition) is 1. The molecule has 0 saturated heterocycles. The molecule has 0 aliphatic heterocycles. The SMILES string of the molecule is O=C(CSc1nc2ccccc2c(=O)n1-c1ccc(Br)cc1)N/N=C\c1cccc2ccccc12. The summed E-state index contributed by atoms with van der Waals surface area (Å²) in [7, 11) is 0. The van der Waals surface area contributed by atoms with Crippen molar-refractivity contribution in [3.63, 3.8) is 0 Å². The van der Waals surface area contributed by atoms with E-state index in [-0.39, 0.29) is 17.2 Å². The molecule has 0 aliphatic rings. The van der Waals surface area contributed by atoms with Crippen molar-refractivity contribution in [2.75, 3.05) is 5.75 Å². The molecule has 1 amide bonds. The Bertz CT molecular complexity index is 1630. The number of halogens is 1. The van der Waals surface area contributed by atoms with Crippen LogP contribution < -0.4 is 11.0 Å². The van der Waals surface area contributed by atoms with Crippen molar-refractivity contribution in [1.82, 2.24) is 15.0 Å². The summed E-state index contributed by atoms with van der Waals surface area (Å²) in [5, 5.41) is 7.24. The number of benzene rings is 4. The van der Waals surface area contributed by atoms with E-state index in [0.29, 0.717) is 21.7 Å². The van der Waals surface area contributed by atoms with Crippen molar-refractivity contribution >= 4 is 61.5 Å². The van der Waals surface area contributed by atoms with Gasteiger partial charge in [0.25, 0.3) is 11.5 Å².